The zero-order chi connectivity index (χ0) is 16.9. The topological polar surface area (TPSA) is 19.4 Å². The van der Waals surface area contributed by atoms with Crippen LogP contribution in [0.4, 0.5) is 0 Å². The van der Waals surface area contributed by atoms with Crippen LogP contribution in [0, 0.1) is 0 Å². The molecule has 25 heavy (non-hydrogen) atoms. The molecule has 0 unspecified atom stereocenters. The van der Waals surface area contributed by atoms with Crippen LogP contribution in [0.3, 0.4) is 0 Å². The van der Waals surface area contributed by atoms with E-state index in [2.05, 4.69) is 81.5 Å². The van der Waals surface area contributed by atoms with E-state index in [-0.39, 0.29) is 6.17 Å². The van der Waals surface area contributed by atoms with Crippen LogP contribution in [0.5, 0.6) is 0 Å². The van der Waals surface area contributed by atoms with Crippen LogP contribution < -0.4 is 0 Å². The SMILES string of the molecule is c1ccc(CN2CCN(Cc3ccccc3)C2c2cccnc2)cc1. The first kappa shape index (κ1) is 16.0. The van der Waals surface area contributed by atoms with E-state index in [9.17, 15) is 0 Å². The summed E-state index contributed by atoms with van der Waals surface area (Å²) in [7, 11) is 0. The molecule has 3 aromatic rings. The molecule has 3 nitrogen and oxygen atoms in total. The maximum Gasteiger partial charge on any atom is 0.0907 e. The molecule has 0 N–H and O–H groups in total. The molecule has 0 bridgehead atoms. The van der Waals surface area contributed by atoms with E-state index < -0.39 is 0 Å². The summed E-state index contributed by atoms with van der Waals surface area (Å²) in [6.07, 6.45) is 4.13. The third kappa shape index (κ3) is 3.78. The lowest BCUT2D eigenvalue weighted by Crippen LogP contribution is -2.30. The van der Waals surface area contributed by atoms with Gasteiger partial charge in [-0.3, -0.25) is 14.8 Å². The first-order valence-corrected chi connectivity index (χ1v) is 8.86. The predicted octanol–water partition coefficient (Wildman–Crippen LogP) is 4.10. The second-order valence-electron chi connectivity index (χ2n) is 6.57. The van der Waals surface area contributed by atoms with Gasteiger partial charge in [-0.05, 0) is 17.2 Å². The van der Waals surface area contributed by atoms with Crippen LogP contribution in [0.2, 0.25) is 0 Å². The van der Waals surface area contributed by atoms with E-state index in [0.29, 0.717) is 0 Å². The van der Waals surface area contributed by atoms with Crippen molar-refractivity contribution in [3.63, 3.8) is 0 Å². The standard InChI is InChI=1S/C22H23N3/c1-3-8-19(9-4-1)17-24-14-15-25(18-20-10-5-2-6-11-20)22(24)21-12-7-13-23-16-21/h1-13,16,22H,14-15,17-18H2. The third-order valence-electron chi connectivity index (χ3n) is 4.81. The van der Waals surface area contributed by atoms with E-state index in [1.807, 2.05) is 18.5 Å². The molecule has 1 aromatic heterocycles. The van der Waals surface area contributed by atoms with Crippen molar-refractivity contribution in [2.75, 3.05) is 13.1 Å². The molecule has 0 spiro atoms. The Morgan fingerprint density at radius 2 is 1.28 bits per heavy atom. The van der Waals surface area contributed by atoms with Crippen molar-refractivity contribution in [1.29, 1.82) is 0 Å². The highest BCUT2D eigenvalue weighted by molar-refractivity contribution is 5.20. The number of pyridine rings is 1. The molecule has 0 radical (unpaired) electrons. The van der Waals surface area contributed by atoms with Gasteiger partial charge in [-0.1, -0.05) is 66.7 Å². The second kappa shape index (κ2) is 7.60. The Hall–Kier alpha value is -2.49. The summed E-state index contributed by atoms with van der Waals surface area (Å²) in [5.41, 5.74) is 3.99. The Morgan fingerprint density at radius 3 is 1.76 bits per heavy atom. The van der Waals surface area contributed by atoms with Gasteiger partial charge in [-0.15, -0.1) is 0 Å². The second-order valence-corrected chi connectivity index (χ2v) is 6.57. The summed E-state index contributed by atoms with van der Waals surface area (Å²) >= 11 is 0. The number of hydrogen-bond donors (Lipinski definition) is 0. The minimum Gasteiger partial charge on any atom is -0.278 e. The highest BCUT2D eigenvalue weighted by Gasteiger charge is 2.33. The van der Waals surface area contributed by atoms with E-state index in [1.54, 1.807) is 0 Å². The zero-order valence-electron chi connectivity index (χ0n) is 14.3. The molecular weight excluding hydrogens is 306 g/mol. The highest BCUT2D eigenvalue weighted by Crippen LogP contribution is 2.32. The summed E-state index contributed by atoms with van der Waals surface area (Å²) in [5.74, 6) is 0. The molecule has 0 saturated carbocycles. The zero-order valence-corrected chi connectivity index (χ0v) is 14.3. The molecule has 2 aromatic carbocycles. The van der Waals surface area contributed by atoms with Crippen LogP contribution in [-0.2, 0) is 13.1 Å². The van der Waals surface area contributed by atoms with E-state index in [0.717, 1.165) is 26.2 Å². The minimum atomic E-state index is 0.272. The number of aromatic nitrogens is 1. The van der Waals surface area contributed by atoms with Gasteiger partial charge < -0.3 is 0 Å². The molecule has 1 aliphatic rings. The molecule has 4 rings (SSSR count). The molecule has 2 heterocycles. The summed E-state index contributed by atoms with van der Waals surface area (Å²) in [6, 6.07) is 25.7. The fraction of sp³-hybridized carbons (Fsp3) is 0.227. The van der Waals surface area contributed by atoms with E-state index in [4.69, 9.17) is 0 Å². The smallest absolute Gasteiger partial charge is 0.0907 e. The van der Waals surface area contributed by atoms with Gasteiger partial charge in [-0.2, -0.15) is 0 Å². The number of rotatable bonds is 5. The summed E-state index contributed by atoms with van der Waals surface area (Å²) in [4.78, 5) is 9.46. The maximum absolute atomic E-state index is 4.36. The lowest BCUT2D eigenvalue weighted by Gasteiger charge is -2.30. The van der Waals surface area contributed by atoms with Crippen LogP contribution in [0.15, 0.2) is 85.2 Å². The largest absolute Gasteiger partial charge is 0.278 e. The van der Waals surface area contributed by atoms with Gasteiger partial charge in [0.2, 0.25) is 0 Å². The Labute approximate surface area is 149 Å². The van der Waals surface area contributed by atoms with Gasteiger partial charge in [0.25, 0.3) is 0 Å². The predicted molar refractivity (Wildman–Crippen MR) is 101 cm³/mol. The van der Waals surface area contributed by atoms with Gasteiger partial charge >= 0.3 is 0 Å². The normalized spacial score (nSPS) is 16.3. The van der Waals surface area contributed by atoms with Crippen molar-refractivity contribution < 1.29 is 0 Å². The Morgan fingerprint density at radius 1 is 0.720 bits per heavy atom. The van der Waals surface area contributed by atoms with Crippen molar-refractivity contribution in [2.45, 2.75) is 19.3 Å². The Balaban J connectivity index is 1.59. The first-order valence-electron chi connectivity index (χ1n) is 8.86. The van der Waals surface area contributed by atoms with Crippen LogP contribution in [0.1, 0.15) is 22.9 Å². The van der Waals surface area contributed by atoms with Gasteiger partial charge in [-0.25, -0.2) is 0 Å². The highest BCUT2D eigenvalue weighted by atomic mass is 15.4. The average Bonchev–Trinajstić information content (AvgIpc) is 3.06. The number of hydrogen-bond acceptors (Lipinski definition) is 3. The molecule has 0 atom stereocenters. The maximum atomic E-state index is 4.36. The molecule has 0 aliphatic carbocycles. The summed E-state index contributed by atoms with van der Waals surface area (Å²) < 4.78 is 0. The Kier molecular flexibility index (Phi) is 4.86. The lowest BCUT2D eigenvalue weighted by molar-refractivity contribution is 0.125. The van der Waals surface area contributed by atoms with Crippen molar-refractivity contribution >= 4 is 0 Å². The fourth-order valence-electron chi connectivity index (χ4n) is 3.65. The van der Waals surface area contributed by atoms with Crippen LogP contribution in [0.25, 0.3) is 0 Å². The quantitative estimate of drug-likeness (QED) is 0.702. The molecule has 0 amide bonds. The fourth-order valence-corrected chi connectivity index (χ4v) is 3.65. The minimum absolute atomic E-state index is 0.272. The molecular formula is C22H23N3. The van der Waals surface area contributed by atoms with Crippen LogP contribution >= 0.6 is 0 Å². The average molecular weight is 329 g/mol. The molecule has 1 aliphatic heterocycles. The van der Waals surface area contributed by atoms with Gasteiger partial charge in [0.1, 0.15) is 0 Å². The van der Waals surface area contributed by atoms with E-state index >= 15 is 0 Å². The monoisotopic (exact) mass is 329 g/mol. The molecule has 1 saturated heterocycles. The summed E-state index contributed by atoms with van der Waals surface area (Å²) in [5, 5.41) is 0. The van der Waals surface area contributed by atoms with E-state index in [1.165, 1.54) is 16.7 Å². The van der Waals surface area contributed by atoms with Gasteiger partial charge in [0.05, 0.1) is 6.17 Å². The van der Waals surface area contributed by atoms with Crippen LogP contribution in [-0.4, -0.2) is 27.9 Å². The molecule has 126 valence electrons. The van der Waals surface area contributed by atoms with Crippen molar-refractivity contribution in [1.82, 2.24) is 14.8 Å². The molecule has 1 fully saturated rings. The van der Waals surface area contributed by atoms with Gasteiger partial charge in [0, 0.05) is 44.1 Å². The van der Waals surface area contributed by atoms with Crippen molar-refractivity contribution in [3.8, 4) is 0 Å². The van der Waals surface area contributed by atoms with Gasteiger partial charge in [0.15, 0.2) is 0 Å². The Bertz CT molecular complexity index is 725. The summed E-state index contributed by atoms with van der Waals surface area (Å²) in [6.45, 7) is 4.07. The number of nitrogens with zero attached hydrogens (tertiary/aromatic N) is 3. The lowest BCUT2D eigenvalue weighted by atomic mass is 10.1. The molecule has 3 heteroatoms. The van der Waals surface area contributed by atoms with Crippen molar-refractivity contribution in [2.24, 2.45) is 0 Å². The van der Waals surface area contributed by atoms with Crippen molar-refractivity contribution in [3.05, 3.63) is 102 Å². The first-order chi connectivity index (χ1) is 12.4. The number of benzene rings is 2. The third-order valence-corrected chi connectivity index (χ3v) is 4.81.